The topological polar surface area (TPSA) is 81.6 Å². The van der Waals surface area contributed by atoms with Gasteiger partial charge in [-0.25, -0.2) is 0 Å². The van der Waals surface area contributed by atoms with Gasteiger partial charge in [0.1, 0.15) is 5.75 Å². The summed E-state index contributed by atoms with van der Waals surface area (Å²) in [6, 6.07) is 5.42. The van der Waals surface area contributed by atoms with Gasteiger partial charge in [-0.15, -0.1) is 0 Å². The molecule has 0 heterocycles. The number of hydrogen-bond donors (Lipinski definition) is 2. The average molecular weight is 251 g/mol. The van der Waals surface area contributed by atoms with Gasteiger partial charge in [0.2, 0.25) is 5.91 Å². The minimum Gasteiger partial charge on any atom is -0.497 e. The SMILES string of the molecule is CCCCN(CC(N)=O)c1ccc(OC)cc1N. The van der Waals surface area contributed by atoms with E-state index in [1.165, 1.54) is 0 Å². The van der Waals surface area contributed by atoms with Crippen LogP contribution >= 0.6 is 0 Å². The number of methoxy groups -OCH3 is 1. The van der Waals surface area contributed by atoms with E-state index in [-0.39, 0.29) is 12.5 Å². The third kappa shape index (κ3) is 3.84. The first kappa shape index (κ1) is 14.2. The highest BCUT2D eigenvalue weighted by atomic mass is 16.5. The second-order valence-electron chi connectivity index (χ2n) is 4.17. The first-order valence-electron chi connectivity index (χ1n) is 6.05. The number of anilines is 2. The molecule has 1 rings (SSSR count). The Bertz CT molecular complexity index is 407. The van der Waals surface area contributed by atoms with Crippen LogP contribution in [0.5, 0.6) is 5.75 Å². The molecule has 4 N–H and O–H groups in total. The molecule has 5 nitrogen and oxygen atoms in total. The quantitative estimate of drug-likeness (QED) is 0.717. The van der Waals surface area contributed by atoms with Gasteiger partial charge in [0.05, 0.1) is 25.0 Å². The van der Waals surface area contributed by atoms with Gasteiger partial charge in [0, 0.05) is 12.6 Å². The number of primary amides is 1. The smallest absolute Gasteiger partial charge is 0.236 e. The predicted molar refractivity (Wildman–Crippen MR) is 73.7 cm³/mol. The van der Waals surface area contributed by atoms with Crippen molar-refractivity contribution < 1.29 is 9.53 Å². The Labute approximate surface area is 108 Å². The summed E-state index contributed by atoms with van der Waals surface area (Å²) in [7, 11) is 1.59. The Morgan fingerprint density at radius 2 is 2.17 bits per heavy atom. The molecule has 0 aliphatic carbocycles. The Balaban J connectivity index is 2.92. The molecule has 0 spiro atoms. The van der Waals surface area contributed by atoms with E-state index in [9.17, 15) is 4.79 Å². The van der Waals surface area contributed by atoms with Crippen LogP contribution in [0, 0.1) is 0 Å². The van der Waals surface area contributed by atoms with Crippen LogP contribution in [0.1, 0.15) is 19.8 Å². The van der Waals surface area contributed by atoms with Gasteiger partial charge < -0.3 is 21.1 Å². The second kappa shape index (κ2) is 6.74. The Morgan fingerprint density at radius 3 is 2.67 bits per heavy atom. The first-order valence-corrected chi connectivity index (χ1v) is 6.05. The molecular weight excluding hydrogens is 230 g/mol. The molecule has 0 atom stereocenters. The number of unbranched alkanes of at least 4 members (excludes halogenated alkanes) is 1. The maximum Gasteiger partial charge on any atom is 0.236 e. The molecule has 1 aromatic carbocycles. The van der Waals surface area contributed by atoms with Crippen LogP contribution in [0.15, 0.2) is 18.2 Å². The van der Waals surface area contributed by atoms with Crippen molar-refractivity contribution in [3.05, 3.63) is 18.2 Å². The van der Waals surface area contributed by atoms with Crippen LogP contribution in [0.3, 0.4) is 0 Å². The molecule has 0 fully saturated rings. The molecule has 0 aromatic heterocycles. The lowest BCUT2D eigenvalue weighted by molar-refractivity contribution is -0.116. The lowest BCUT2D eigenvalue weighted by atomic mass is 10.2. The molecule has 0 bridgehead atoms. The van der Waals surface area contributed by atoms with Crippen molar-refractivity contribution in [2.24, 2.45) is 5.73 Å². The van der Waals surface area contributed by atoms with E-state index in [0.717, 1.165) is 25.1 Å². The van der Waals surface area contributed by atoms with E-state index in [0.29, 0.717) is 11.4 Å². The maximum absolute atomic E-state index is 11.1. The molecule has 1 amide bonds. The third-order valence-corrected chi connectivity index (χ3v) is 2.70. The summed E-state index contributed by atoms with van der Waals surface area (Å²) < 4.78 is 5.10. The van der Waals surface area contributed by atoms with Crippen molar-refractivity contribution >= 4 is 17.3 Å². The summed E-state index contributed by atoms with van der Waals surface area (Å²) in [5.74, 6) is 0.340. The highest BCUT2D eigenvalue weighted by Crippen LogP contribution is 2.27. The average Bonchev–Trinajstić information content (AvgIpc) is 2.34. The van der Waals surface area contributed by atoms with E-state index >= 15 is 0 Å². The molecule has 0 aliphatic rings. The van der Waals surface area contributed by atoms with E-state index in [1.807, 2.05) is 17.0 Å². The van der Waals surface area contributed by atoms with Gasteiger partial charge in [-0.3, -0.25) is 4.79 Å². The number of amides is 1. The summed E-state index contributed by atoms with van der Waals surface area (Å²) in [4.78, 5) is 13.0. The maximum atomic E-state index is 11.1. The zero-order chi connectivity index (χ0) is 13.5. The number of hydrogen-bond acceptors (Lipinski definition) is 4. The molecule has 0 aliphatic heterocycles. The van der Waals surface area contributed by atoms with Crippen molar-refractivity contribution in [3.8, 4) is 5.75 Å². The Morgan fingerprint density at radius 1 is 1.44 bits per heavy atom. The van der Waals surface area contributed by atoms with Gasteiger partial charge in [0.25, 0.3) is 0 Å². The minimum absolute atomic E-state index is 0.177. The standard InChI is InChI=1S/C13H21N3O2/c1-3-4-7-16(9-13(15)17)12-6-5-10(18-2)8-11(12)14/h5-6,8H,3-4,7,9,14H2,1-2H3,(H2,15,17). The summed E-state index contributed by atoms with van der Waals surface area (Å²) in [5, 5.41) is 0. The highest BCUT2D eigenvalue weighted by molar-refractivity contribution is 5.81. The van der Waals surface area contributed by atoms with E-state index < -0.39 is 0 Å². The van der Waals surface area contributed by atoms with Crippen LogP contribution in [0.4, 0.5) is 11.4 Å². The van der Waals surface area contributed by atoms with E-state index in [4.69, 9.17) is 16.2 Å². The van der Waals surface area contributed by atoms with Gasteiger partial charge in [0.15, 0.2) is 0 Å². The summed E-state index contributed by atoms with van der Waals surface area (Å²) >= 11 is 0. The van der Waals surface area contributed by atoms with Gasteiger partial charge >= 0.3 is 0 Å². The van der Waals surface area contributed by atoms with Crippen LogP contribution in [-0.2, 0) is 4.79 Å². The number of carbonyl (C=O) groups excluding carboxylic acids is 1. The molecule has 5 heteroatoms. The van der Waals surface area contributed by atoms with Gasteiger partial charge in [-0.05, 0) is 18.6 Å². The highest BCUT2D eigenvalue weighted by Gasteiger charge is 2.12. The third-order valence-electron chi connectivity index (χ3n) is 2.70. The van der Waals surface area contributed by atoms with Crippen molar-refractivity contribution in [3.63, 3.8) is 0 Å². The fourth-order valence-electron chi connectivity index (χ4n) is 1.77. The monoisotopic (exact) mass is 251 g/mol. The molecular formula is C13H21N3O2. The van der Waals surface area contributed by atoms with Crippen LogP contribution in [0.25, 0.3) is 0 Å². The van der Waals surface area contributed by atoms with Crippen molar-refractivity contribution in [1.29, 1.82) is 0 Å². The number of ether oxygens (including phenoxy) is 1. The lowest BCUT2D eigenvalue weighted by Gasteiger charge is -2.24. The predicted octanol–water partition coefficient (Wildman–Crippen LogP) is 1.37. The number of benzene rings is 1. The molecule has 100 valence electrons. The number of nitrogen functional groups attached to an aromatic ring is 1. The Kier molecular flexibility index (Phi) is 5.30. The molecule has 0 saturated heterocycles. The number of nitrogens with zero attached hydrogens (tertiary/aromatic N) is 1. The fourth-order valence-corrected chi connectivity index (χ4v) is 1.77. The number of rotatable bonds is 7. The minimum atomic E-state index is -0.360. The fraction of sp³-hybridized carbons (Fsp3) is 0.462. The van der Waals surface area contributed by atoms with Crippen LogP contribution in [0.2, 0.25) is 0 Å². The summed E-state index contributed by atoms with van der Waals surface area (Å²) in [5.41, 5.74) is 12.6. The van der Waals surface area contributed by atoms with E-state index in [1.54, 1.807) is 13.2 Å². The number of carbonyl (C=O) groups is 1. The molecule has 0 unspecified atom stereocenters. The van der Waals surface area contributed by atoms with Gasteiger partial charge in [-0.1, -0.05) is 13.3 Å². The zero-order valence-corrected chi connectivity index (χ0v) is 11.0. The van der Waals surface area contributed by atoms with Crippen molar-refractivity contribution in [1.82, 2.24) is 0 Å². The molecule has 0 saturated carbocycles. The Hall–Kier alpha value is -1.91. The number of nitrogens with two attached hydrogens (primary N) is 2. The zero-order valence-electron chi connectivity index (χ0n) is 11.0. The van der Waals surface area contributed by atoms with Gasteiger partial charge in [-0.2, -0.15) is 0 Å². The lowest BCUT2D eigenvalue weighted by Crippen LogP contribution is -2.35. The van der Waals surface area contributed by atoms with Crippen LogP contribution < -0.4 is 21.1 Å². The first-order chi connectivity index (χ1) is 8.58. The van der Waals surface area contributed by atoms with Crippen molar-refractivity contribution in [2.75, 3.05) is 30.8 Å². The molecule has 1 aromatic rings. The van der Waals surface area contributed by atoms with E-state index in [2.05, 4.69) is 6.92 Å². The largest absolute Gasteiger partial charge is 0.497 e. The molecule has 18 heavy (non-hydrogen) atoms. The normalized spacial score (nSPS) is 10.1. The second-order valence-corrected chi connectivity index (χ2v) is 4.17. The van der Waals surface area contributed by atoms with Crippen molar-refractivity contribution in [2.45, 2.75) is 19.8 Å². The summed E-state index contributed by atoms with van der Waals surface area (Å²) in [6.45, 7) is 3.03. The van der Waals surface area contributed by atoms with Crippen LogP contribution in [-0.4, -0.2) is 26.1 Å². The molecule has 0 radical (unpaired) electrons. The summed E-state index contributed by atoms with van der Waals surface area (Å²) in [6.07, 6.45) is 2.03.